The van der Waals surface area contributed by atoms with Crippen LogP contribution in [0.4, 0.5) is 13.2 Å². The van der Waals surface area contributed by atoms with Crippen LogP contribution < -0.4 is 5.32 Å². The molecule has 1 rings (SSSR count). The van der Waals surface area contributed by atoms with Gasteiger partial charge in [-0.05, 0) is 24.1 Å². The van der Waals surface area contributed by atoms with Crippen molar-refractivity contribution in [1.82, 2.24) is 5.32 Å². The van der Waals surface area contributed by atoms with E-state index in [4.69, 9.17) is 11.6 Å². The van der Waals surface area contributed by atoms with Gasteiger partial charge in [0.25, 0.3) is 0 Å². The molecule has 0 aliphatic heterocycles. The maximum Gasteiger partial charge on any atom is 0.401 e. The summed E-state index contributed by atoms with van der Waals surface area (Å²) in [5, 5.41) is 3.00. The Balaban J connectivity index is 2.68. The highest BCUT2D eigenvalue weighted by Gasteiger charge is 2.28. The summed E-state index contributed by atoms with van der Waals surface area (Å²) in [6, 6.07) is 6.56. The van der Waals surface area contributed by atoms with Crippen LogP contribution in [0.3, 0.4) is 0 Å². The highest BCUT2D eigenvalue weighted by atomic mass is 35.5. The topological polar surface area (TPSA) is 12.0 Å². The molecule has 0 saturated carbocycles. The first kappa shape index (κ1) is 13.3. The highest BCUT2D eigenvalue weighted by Crippen LogP contribution is 2.22. The van der Waals surface area contributed by atoms with Crippen molar-refractivity contribution in [2.24, 2.45) is 0 Å². The standard InChI is InChI=1S/C11H13ClF3N/c1-2-10(16-7-11(13,14)15)8-4-3-5-9(12)6-8/h3-6,10,16H,2,7H2,1H3. The first-order valence-corrected chi connectivity index (χ1v) is 5.36. The number of hydrogen-bond donors (Lipinski definition) is 1. The van der Waals surface area contributed by atoms with Crippen LogP contribution in [0.25, 0.3) is 0 Å². The van der Waals surface area contributed by atoms with E-state index in [1.54, 1.807) is 24.3 Å². The fourth-order valence-corrected chi connectivity index (χ4v) is 1.66. The molecule has 1 aromatic carbocycles. The van der Waals surface area contributed by atoms with Gasteiger partial charge in [-0.25, -0.2) is 0 Å². The van der Waals surface area contributed by atoms with E-state index in [-0.39, 0.29) is 6.04 Å². The van der Waals surface area contributed by atoms with Gasteiger partial charge in [0.15, 0.2) is 0 Å². The van der Waals surface area contributed by atoms with Gasteiger partial charge in [-0.3, -0.25) is 0 Å². The Morgan fingerprint density at radius 1 is 1.38 bits per heavy atom. The van der Waals surface area contributed by atoms with E-state index in [0.717, 1.165) is 5.56 Å². The summed E-state index contributed by atoms with van der Waals surface area (Å²) in [6.07, 6.45) is -3.61. The minimum absolute atomic E-state index is 0.319. The van der Waals surface area contributed by atoms with Gasteiger partial charge in [-0.2, -0.15) is 13.2 Å². The molecule has 1 aromatic rings. The lowest BCUT2D eigenvalue weighted by Gasteiger charge is -2.18. The van der Waals surface area contributed by atoms with Crippen LogP contribution in [0.15, 0.2) is 24.3 Å². The molecular formula is C11H13ClF3N. The Morgan fingerprint density at radius 2 is 2.06 bits per heavy atom. The number of benzene rings is 1. The monoisotopic (exact) mass is 251 g/mol. The minimum Gasteiger partial charge on any atom is -0.302 e. The Bertz CT molecular complexity index is 338. The van der Waals surface area contributed by atoms with Gasteiger partial charge in [-0.1, -0.05) is 30.7 Å². The molecule has 5 heteroatoms. The smallest absolute Gasteiger partial charge is 0.302 e. The third kappa shape index (κ3) is 4.41. The molecule has 1 N–H and O–H groups in total. The lowest BCUT2D eigenvalue weighted by atomic mass is 10.0. The summed E-state index contributed by atoms with van der Waals surface area (Å²) in [6.45, 7) is 0.840. The van der Waals surface area contributed by atoms with Crippen molar-refractivity contribution >= 4 is 11.6 Å². The molecule has 0 aliphatic carbocycles. The second kappa shape index (κ2) is 5.55. The normalized spacial score (nSPS) is 13.8. The molecule has 1 atom stereocenters. The second-order valence-electron chi connectivity index (χ2n) is 3.51. The Hall–Kier alpha value is -0.740. The van der Waals surface area contributed by atoms with Crippen molar-refractivity contribution in [3.8, 4) is 0 Å². The van der Waals surface area contributed by atoms with E-state index < -0.39 is 12.7 Å². The van der Waals surface area contributed by atoms with Gasteiger partial charge >= 0.3 is 6.18 Å². The average Bonchev–Trinajstić information content (AvgIpc) is 2.17. The van der Waals surface area contributed by atoms with E-state index in [1.165, 1.54) is 0 Å². The van der Waals surface area contributed by atoms with Crippen molar-refractivity contribution in [2.75, 3.05) is 6.54 Å². The van der Waals surface area contributed by atoms with Gasteiger partial charge in [0.05, 0.1) is 6.54 Å². The van der Waals surface area contributed by atoms with Gasteiger partial charge in [0.2, 0.25) is 0 Å². The molecule has 16 heavy (non-hydrogen) atoms. The van der Waals surface area contributed by atoms with Crippen molar-refractivity contribution in [3.63, 3.8) is 0 Å². The zero-order chi connectivity index (χ0) is 12.2. The first-order chi connectivity index (χ1) is 7.42. The quantitative estimate of drug-likeness (QED) is 0.855. The lowest BCUT2D eigenvalue weighted by Crippen LogP contribution is -2.31. The average molecular weight is 252 g/mol. The molecule has 0 fully saturated rings. The summed E-state index contributed by atoms with van der Waals surface area (Å²) in [5.41, 5.74) is 0.777. The van der Waals surface area contributed by atoms with Crippen LogP contribution in [0.1, 0.15) is 24.9 Å². The molecule has 0 spiro atoms. The number of alkyl halides is 3. The SMILES string of the molecule is CCC(NCC(F)(F)F)c1cccc(Cl)c1. The summed E-state index contributed by atoms with van der Waals surface area (Å²) in [7, 11) is 0. The Morgan fingerprint density at radius 3 is 2.56 bits per heavy atom. The molecule has 1 nitrogen and oxygen atoms in total. The number of hydrogen-bond acceptors (Lipinski definition) is 1. The van der Waals surface area contributed by atoms with Crippen molar-refractivity contribution in [2.45, 2.75) is 25.6 Å². The number of halogens is 4. The highest BCUT2D eigenvalue weighted by molar-refractivity contribution is 6.30. The van der Waals surface area contributed by atoms with E-state index in [0.29, 0.717) is 11.4 Å². The summed E-state index contributed by atoms with van der Waals surface area (Å²) in [4.78, 5) is 0. The lowest BCUT2D eigenvalue weighted by molar-refractivity contribution is -0.126. The maximum absolute atomic E-state index is 12.1. The van der Waals surface area contributed by atoms with Gasteiger partial charge in [0, 0.05) is 11.1 Å². The van der Waals surface area contributed by atoms with Crippen molar-refractivity contribution in [3.05, 3.63) is 34.9 Å². The van der Waals surface area contributed by atoms with Gasteiger partial charge < -0.3 is 5.32 Å². The molecule has 0 bridgehead atoms. The van der Waals surface area contributed by atoms with Crippen LogP contribution in [-0.4, -0.2) is 12.7 Å². The largest absolute Gasteiger partial charge is 0.401 e. The van der Waals surface area contributed by atoms with E-state index in [2.05, 4.69) is 5.32 Å². The molecule has 1 unspecified atom stereocenters. The molecule has 0 radical (unpaired) electrons. The second-order valence-corrected chi connectivity index (χ2v) is 3.95. The van der Waals surface area contributed by atoms with E-state index >= 15 is 0 Å². The summed E-state index contributed by atoms with van der Waals surface area (Å²) >= 11 is 5.79. The van der Waals surface area contributed by atoms with Crippen LogP contribution in [0.5, 0.6) is 0 Å². The fourth-order valence-electron chi connectivity index (χ4n) is 1.46. The molecular weight excluding hydrogens is 239 g/mol. The fraction of sp³-hybridized carbons (Fsp3) is 0.455. The third-order valence-electron chi connectivity index (χ3n) is 2.21. The predicted molar refractivity (Wildman–Crippen MR) is 58.5 cm³/mol. The van der Waals surface area contributed by atoms with Crippen LogP contribution in [-0.2, 0) is 0 Å². The maximum atomic E-state index is 12.1. The summed E-state index contributed by atoms with van der Waals surface area (Å²) < 4.78 is 36.2. The van der Waals surface area contributed by atoms with Gasteiger partial charge in [0.1, 0.15) is 0 Å². The van der Waals surface area contributed by atoms with Crippen molar-refractivity contribution < 1.29 is 13.2 Å². The molecule has 0 amide bonds. The van der Waals surface area contributed by atoms with E-state index in [1.807, 2.05) is 6.92 Å². The summed E-state index contributed by atoms with van der Waals surface area (Å²) in [5.74, 6) is 0. The molecule has 0 saturated heterocycles. The van der Waals surface area contributed by atoms with E-state index in [9.17, 15) is 13.2 Å². The third-order valence-corrected chi connectivity index (χ3v) is 2.44. The zero-order valence-electron chi connectivity index (χ0n) is 8.81. The Kier molecular flexibility index (Phi) is 4.62. The number of nitrogens with one attached hydrogen (secondary N) is 1. The number of rotatable bonds is 4. The molecule has 0 aromatic heterocycles. The zero-order valence-corrected chi connectivity index (χ0v) is 9.57. The minimum atomic E-state index is -4.19. The predicted octanol–water partition coefficient (Wildman–Crippen LogP) is 3.94. The first-order valence-electron chi connectivity index (χ1n) is 4.98. The van der Waals surface area contributed by atoms with Crippen LogP contribution in [0, 0.1) is 0 Å². The molecule has 0 aliphatic rings. The van der Waals surface area contributed by atoms with Gasteiger partial charge in [-0.15, -0.1) is 0 Å². The van der Waals surface area contributed by atoms with Crippen LogP contribution in [0.2, 0.25) is 5.02 Å². The Labute approximate surface area is 97.6 Å². The van der Waals surface area contributed by atoms with Crippen molar-refractivity contribution in [1.29, 1.82) is 0 Å². The molecule has 90 valence electrons. The van der Waals surface area contributed by atoms with Crippen LogP contribution >= 0.6 is 11.6 Å². The molecule has 0 heterocycles.